The van der Waals surface area contributed by atoms with Gasteiger partial charge in [-0.05, 0) is 12.0 Å². The van der Waals surface area contributed by atoms with Gasteiger partial charge in [-0.15, -0.1) is 0 Å². The molecule has 4 nitrogen and oxygen atoms in total. The van der Waals surface area contributed by atoms with Gasteiger partial charge in [-0.3, -0.25) is 4.79 Å². The zero-order valence-corrected chi connectivity index (χ0v) is 11.1. The summed E-state index contributed by atoms with van der Waals surface area (Å²) in [5, 5.41) is 12.4. The van der Waals surface area contributed by atoms with Crippen LogP contribution in [-0.4, -0.2) is 48.2 Å². The number of rotatable bonds is 4. The number of likely N-dealkylation sites (N-methyl/N-ethyl adjacent to an activating group) is 1. The normalized spacial score (nSPS) is 22.8. The van der Waals surface area contributed by atoms with Crippen LogP contribution in [-0.2, 0) is 4.79 Å². The van der Waals surface area contributed by atoms with Crippen LogP contribution in [0.15, 0.2) is 36.4 Å². The molecule has 1 aliphatic heterocycles. The van der Waals surface area contributed by atoms with Gasteiger partial charge in [-0.1, -0.05) is 42.5 Å². The highest BCUT2D eigenvalue weighted by Crippen LogP contribution is 2.09. The fraction of sp³-hybridized carbons (Fsp3) is 0.400. The van der Waals surface area contributed by atoms with E-state index in [-0.39, 0.29) is 11.9 Å². The number of carbonyl (C=O) groups excluding carboxylic acids is 1. The monoisotopic (exact) mass is 260 g/mol. The SMILES string of the molecule is CN(CC=Cc1ccccc1)C(=O)[C@H]1C[C@@H](O)CN1. The molecule has 1 heterocycles. The van der Waals surface area contributed by atoms with Crippen molar-refractivity contribution in [1.82, 2.24) is 10.2 Å². The molecule has 0 aromatic heterocycles. The van der Waals surface area contributed by atoms with Gasteiger partial charge in [0.15, 0.2) is 0 Å². The predicted molar refractivity (Wildman–Crippen MR) is 75.5 cm³/mol. The first-order chi connectivity index (χ1) is 9.16. The molecule has 2 atom stereocenters. The molecule has 19 heavy (non-hydrogen) atoms. The number of hydrogen-bond acceptors (Lipinski definition) is 3. The standard InChI is InChI=1S/C15H20N2O2/c1-17(15(19)14-10-13(18)11-16-14)9-5-8-12-6-3-2-4-7-12/h2-8,13-14,16,18H,9-11H2,1H3/t13-,14-/m1/s1. The van der Waals surface area contributed by atoms with Crippen LogP contribution in [0, 0.1) is 0 Å². The lowest BCUT2D eigenvalue weighted by atomic mass is 10.2. The molecular weight excluding hydrogens is 240 g/mol. The molecule has 0 saturated carbocycles. The van der Waals surface area contributed by atoms with Gasteiger partial charge in [-0.25, -0.2) is 0 Å². The highest BCUT2D eigenvalue weighted by Gasteiger charge is 2.29. The van der Waals surface area contributed by atoms with Crippen LogP contribution in [0.5, 0.6) is 0 Å². The number of nitrogens with zero attached hydrogens (tertiary/aromatic N) is 1. The highest BCUT2D eigenvalue weighted by molar-refractivity contribution is 5.82. The lowest BCUT2D eigenvalue weighted by Crippen LogP contribution is -2.41. The summed E-state index contributed by atoms with van der Waals surface area (Å²) in [7, 11) is 1.78. The van der Waals surface area contributed by atoms with Crippen molar-refractivity contribution in [3.05, 3.63) is 42.0 Å². The van der Waals surface area contributed by atoms with E-state index in [2.05, 4.69) is 5.32 Å². The quantitative estimate of drug-likeness (QED) is 0.845. The maximum absolute atomic E-state index is 12.1. The van der Waals surface area contributed by atoms with E-state index in [1.165, 1.54) is 0 Å². The molecule has 0 radical (unpaired) electrons. The summed E-state index contributed by atoms with van der Waals surface area (Å²) in [5.74, 6) is 0.0364. The van der Waals surface area contributed by atoms with Crippen LogP contribution < -0.4 is 5.32 Å². The second kappa shape index (κ2) is 6.50. The molecule has 0 unspecified atom stereocenters. The lowest BCUT2D eigenvalue weighted by Gasteiger charge is -2.19. The van der Waals surface area contributed by atoms with E-state index in [1.54, 1.807) is 11.9 Å². The molecule has 1 aromatic carbocycles. The molecule has 102 valence electrons. The van der Waals surface area contributed by atoms with Crippen molar-refractivity contribution in [3.8, 4) is 0 Å². The first-order valence-electron chi connectivity index (χ1n) is 6.55. The van der Waals surface area contributed by atoms with Crippen molar-refractivity contribution in [2.24, 2.45) is 0 Å². The van der Waals surface area contributed by atoms with Crippen LogP contribution in [0.25, 0.3) is 6.08 Å². The fourth-order valence-corrected chi connectivity index (χ4v) is 2.17. The van der Waals surface area contributed by atoms with E-state index in [9.17, 15) is 9.90 Å². The zero-order chi connectivity index (χ0) is 13.7. The molecule has 0 bridgehead atoms. The third-order valence-corrected chi connectivity index (χ3v) is 3.27. The van der Waals surface area contributed by atoms with Gasteiger partial charge in [-0.2, -0.15) is 0 Å². The molecule has 1 aliphatic rings. The molecule has 1 fully saturated rings. The number of aliphatic hydroxyl groups is 1. The molecule has 1 amide bonds. The number of hydrogen-bond donors (Lipinski definition) is 2. The molecule has 4 heteroatoms. The second-order valence-corrected chi connectivity index (χ2v) is 4.88. The van der Waals surface area contributed by atoms with E-state index in [4.69, 9.17) is 0 Å². The Bertz CT molecular complexity index is 445. The molecule has 1 aromatic rings. The van der Waals surface area contributed by atoms with Gasteiger partial charge in [0.1, 0.15) is 0 Å². The van der Waals surface area contributed by atoms with Gasteiger partial charge < -0.3 is 15.3 Å². The van der Waals surface area contributed by atoms with Crippen molar-refractivity contribution in [1.29, 1.82) is 0 Å². The van der Waals surface area contributed by atoms with Gasteiger partial charge >= 0.3 is 0 Å². The van der Waals surface area contributed by atoms with E-state index >= 15 is 0 Å². The van der Waals surface area contributed by atoms with Gasteiger partial charge in [0.05, 0.1) is 12.1 Å². The minimum absolute atomic E-state index is 0.0364. The second-order valence-electron chi connectivity index (χ2n) is 4.88. The number of amides is 1. The Hall–Kier alpha value is -1.65. The Morgan fingerprint density at radius 2 is 2.21 bits per heavy atom. The molecule has 0 aliphatic carbocycles. The van der Waals surface area contributed by atoms with E-state index in [1.807, 2.05) is 42.5 Å². The van der Waals surface area contributed by atoms with Crippen molar-refractivity contribution in [2.45, 2.75) is 18.6 Å². The fourth-order valence-electron chi connectivity index (χ4n) is 2.17. The van der Waals surface area contributed by atoms with Crippen molar-refractivity contribution >= 4 is 12.0 Å². The third kappa shape index (κ3) is 3.91. The first-order valence-corrected chi connectivity index (χ1v) is 6.55. The number of benzene rings is 1. The number of carbonyl (C=O) groups is 1. The average molecular weight is 260 g/mol. The minimum Gasteiger partial charge on any atom is -0.392 e. The van der Waals surface area contributed by atoms with Gasteiger partial charge in [0.2, 0.25) is 5.91 Å². The average Bonchev–Trinajstić information content (AvgIpc) is 2.85. The summed E-state index contributed by atoms with van der Waals surface area (Å²) in [4.78, 5) is 13.7. The highest BCUT2D eigenvalue weighted by atomic mass is 16.3. The zero-order valence-electron chi connectivity index (χ0n) is 11.1. The predicted octanol–water partition coefficient (Wildman–Crippen LogP) is 0.881. The molecular formula is C15H20N2O2. The Balaban J connectivity index is 1.82. The maximum Gasteiger partial charge on any atom is 0.239 e. The molecule has 2 N–H and O–H groups in total. The first kappa shape index (κ1) is 13.8. The molecule has 1 saturated heterocycles. The summed E-state index contributed by atoms with van der Waals surface area (Å²) in [5.41, 5.74) is 1.12. The smallest absolute Gasteiger partial charge is 0.239 e. The van der Waals surface area contributed by atoms with E-state index in [0.717, 1.165) is 5.56 Å². The third-order valence-electron chi connectivity index (χ3n) is 3.27. The van der Waals surface area contributed by atoms with E-state index < -0.39 is 6.10 Å². The number of aliphatic hydroxyl groups excluding tert-OH is 1. The van der Waals surface area contributed by atoms with Crippen LogP contribution in [0.3, 0.4) is 0 Å². The lowest BCUT2D eigenvalue weighted by molar-refractivity contribution is -0.131. The number of nitrogens with one attached hydrogen (secondary N) is 1. The summed E-state index contributed by atoms with van der Waals surface area (Å²) < 4.78 is 0. The van der Waals surface area contributed by atoms with Crippen LogP contribution in [0.4, 0.5) is 0 Å². The minimum atomic E-state index is -0.401. The Morgan fingerprint density at radius 1 is 1.47 bits per heavy atom. The van der Waals surface area contributed by atoms with Crippen LogP contribution in [0.1, 0.15) is 12.0 Å². The van der Waals surface area contributed by atoms with Crippen LogP contribution >= 0.6 is 0 Å². The molecule has 2 rings (SSSR count). The number of β-amino-alcohol motifs (C(OH)–C–C–N with tert-alkyl or cyclic N) is 1. The van der Waals surface area contributed by atoms with Crippen molar-refractivity contribution in [2.75, 3.05) is 20.1 Å². The van der Waals surface area contributed by atoms with Crippen molar-refractivity contribution < 1.29 is 9.90 Å². The topological polar surface area (TPSA) is 52.6 Å². The van der Waals surface area contributed by atoms with E-state index in [0.29, 0.717) is 19.5 Å². The summed E-state index contributed by atoms with van der Waals surface area (Å²) in [6, 6.07) is 9.74. The maximum atomic E-state index is 12.1. The Labute approximate surface area is 113 Å². The van der Waals surface area contributed by atoms with Gasteiger partial charge in [0.25, 0.3) is 0 Å². The summed E-state index contributed by atoms with van der Waals surface area (Å²) in [6.45, 7) is 1.08. The summed E-state index contributed by atoms with van der Waals surface area (Å²) >= 11 is 0. The summed E-state index contributed by atoms with van der Waals surface area (Å²) in [6.07, 6.45) is 4.08. The largest absolute Gasteiger partial charge is 0.392 e. The Morgan fingerprint density at radius 3 is 2.84 bits per heavy atom. The molecule has 0 spiro atoms. The van der Waals surface area contributed by atoms with Gasteiger partial charge in [0, 0.05) is 20.1 Å². The Kier molecular flexibility index (Phi) is 4.71. The van der Waals surface area contributed by atoms with Crippen LogP contribution in [0.2, 0.25) is 0 Å². The van der Waals surface area contributed by atoms with Crippen molar-refractivity contribution in [3.63, 3.8) is 0 Å².